The van der Waals surface area contributed by atoms with Crippen LogP contribution in [-0.2, 0) is 9.53 Å². The van der Waals surface area contributed by atoms with Crippen LogP contribution in [0.25, 0.3) is 0 Å². The molecule has 2 rings (SSSR count). The van der Waals surface area contributed by atoms with Crippen molar-refractivity contribution in [3.63, 3.8) is 0 Å². The van der Waals surface area contributed by atoms with Crippen LogP contribution in [0.3, 0.4) is 0 Å². The van der Waals surface area contributed by atoms with E-state index in [-0.39, 0.29) is 18.0 Å². The van der Waals surface area contributed by atoms with Crippen molar-refractivity contribution in [1.82, 2.24) is 0 Å². The Balaban J connectivity index is 2.48. The molecule has 0 saturated heterocycles. The zero-order chi connectivity index (χ0) is 17.7. The Labute approximate surface area is 145 Å². The molecule has 1 aliphatic heterocycles. The highest BCUT2D eigenvalue weighted by Gasteiger charge is 2.33. The highest BCUT2D eigenvalue weighted by Crippen LogP contribution is 2.41. The summed E-state index contributed by atoms with van der Waals surface area (Å²) in [5.41, 5.74) is 5.07. The number of aliphatic hydroxyl groups is 1. The summed E-state index contributed by atoms with van der Waals surface area (Å²) in [6.07, 6.45) is 12.8. The first-order valence-corrected chi connectivity index (χ1v) is 8.58. The van der Waals surface area contributed by atoms with Gasteiger partial charge in [-0.1, -0.05) is 42.4 Å². The van der Waals surface area contributed by atoms with Crippen LogP contribution in [-0.4, -0.2) is 24.3 Å². The molecule has 3 nitrogen and oxygen atoms in total. The van der Waals surface area contributed by atoms with Gasteiger partial charge in [-0.25, -0.2) is 4.79 Å². The summed E-state index contributed by atoms with van der Waals surface area (Å²) in [4.78, 5) is 12.2. The minimum Gasteiger partial charge on any atom is -0.462 e. The normalized spacial score (nSPS) is 26.2. The maximum atomic E-state index is 12.2. The number of allylic oxidation sites excluding steroid dienone is 6. The van der Waals surface area contributed by atoms with Crippen molar-refractivity contribution in [3.05, 3.63) is 58.2 Å². The average molecular weight is 328 g/mol. The van der Waals surface area contributed by atoms with Gasteiger partial charge in [0.1, 0.15) is 6.61 Å². The zero-order valence-electron chi connectivity index (χ0n) is 15.2. The second-order valence-corrected chi connectivity index (χ2v) is 7.14. The van der Waals surface area contributed by atoms with Gasteiger partial charge in [0, 0.05) is 11.5 Å². The highest BCUT2D eigenvalue weighted by atomic mass is 16.5. The predicted octanol–water partition coefficient (Wildman–Crippen LogP) is 4.42. The van der Waals surface area contributed by atoms with Gasteiger partial charge >= 0.3 is 5.97 Å². The molecule has 0 amide bonds. The van der Waals surface area contributed by atoms with Crippen LogP contribution in [0.15, 0.2) is 58.2 Å². The number of aliphatic hydroxyl groups excluding tert-OH is 1. The topological polar surface area (TPSA) is 46.5 Å². The fourth-order valence-electron chi connectivity index (χ4n) is 3.37. The lowest BCUT2D eigenvalue weighted by Gasteiger charge is -2.36. The van der Waals surface area contributed by atoms with Crippen molar-refractivity contribution in [2.45, 2.75) is 47.0 Å². The summed E-state index contributed by atoms with van der Waals surface area (Å²) in [5.74, 6) is -0.348. The van der Waals surface area contributed by atoms with Crippen LogP contribution < -0.4 is 0 Å². The van der Waals surface area contributed by atoms with Crippen molar-refractivity contribution >= 4 is 5.97 Å². The lowest BCUT2D eigenvalue weighted by atomic mass is 9.71. The smallest absolute Gasteiger partial charge is 0.331 e. The van der Waals surface area contributed by atoms with Crippen LogP contribution in [0.4, 0.5) is 0 Å². The molecule has 1 unspecified atom stereocenters. The highest BCUT2D eigenvalue weighted by molar-refractivity contribution is 5.83. The summed E-state index contributed by atoms with van der Waals surface area (Å²) < 4.78 is 5.56. The average Bonchev–Trinajstić information content (AvgIpc) is 2.53. The second-order valence-electron chi connectivity index (χ2n) is 7.14. The van der Waals surface area contributed by atoms with Crippen LogP contribution in [0.2, 0.25) is 0 Å². The summed E-state index contributed by atoms with van der Waals surface area (Å²) in [7, 11) is 0. The monoisotopic (exact) mass is 328 g/mol. The predicted molar refractivity (Wildman–Crippen MR) is 97.4 cm³/mol. The molecular weight excluding hydrogens is 300 g/mol. The lowest BCUT2D eigenvalue weighted by Crippen LogP contribution is -2.30. The number of cyclic esters (lactones) is 1. The van der Waals surface area contributed by atoms with Gasteiger partial charge in [0.15, 0.2) is 0 Å². The Bertz CT molecular complexity index is 659. The van der Waals surface area contributed by atoms with Crippen molar-refractivity contribution in [3.8, 4) is 0 Å². The molecule has 2 aliphatic rings. The van der Waals surface area contributed by atoms with E-state index in [2.05, 4.69) is 26.0 Å². The van der Waals surface area contributed by atoms with Crippen LogP contribution in [0.5, 0.6) is 0 Å². The molecule has 0 spiro atoms. The number of rotatable bonds is 1. The summed E-state index contributed by atoms with van der Waals surface area (Å²) in [6.45, 7) is 8.48. The molecule has 0 aromatic rings. The van der Waals surface area contributed by atoms with Gasteiger partial charge in [0.2, 0.25) is 0 Å². The van der Waals surface area contributed by atoms with Crippen LogP contribution in [0.1, 0.15) is 47.0 Å². The number of ether oxygens (including phenoxy) is 1. The van der Waals surface area contributed by atoms with Gasteiger partial charge in [-0.05, 0) is 56.8 Å². The van der Waals surface area contributed by atoms with Crippen molar-refractivity contribution in [1.29, 1.82) is 0 Å². The van der Waals surface area contributed by atoms with E-state index in [0.717, 1.165) is 36.0 Å². The van der Waals surface area contributed by atoms with Gasteiger partial charge in [0.25, 0.3) is 0 Å². The molecule has 1 aliphatic carbocycles. The Morgan fingerprint density at radius 1 is 1.21 bits per heavy atom. The third-order valence-corrected chi connectivity index (χ3v) is 4.99. The number of esters is 1. The van der Waals surface area contributed by atoms with Crippen molar-refractivity contribution in [2.75, 3.05) is 13.2 Å². The summed E-state index contributed by atoms with van der Waals surface area (Å²) >= 11 is 0. The third-order valence-electron chi connectivity index (χ3n) is 4.99. The number of hydrogen-bond acceptors (Lipinski definition) is 3. The van der Waals surface area contributed by atoms with E-state index in [1.165, 1.54) is 17.2 Å². The molecule has 1 N–H and O–H groups in total. The fourth-order valence-corrected chi connectivity index (χ4v) is 3.37. The standard InChI is InChI=1S/C21H28O3/c1-15-7-9-18(13-22)17(3)12-20(23)24-14-21(4)11-5-6-16(2)19(21)10-8-15/h7-10,12,22H,5-6,11,13-14H2,1-4H3. The molecule has 130 valence electrons. The minimum atomic E-state index is -0.348. The molecule has 0 bridgehead atoms. The largest absolute Gasteiger partial charge is 0.462 e. The Kier molecular flexibility index (Phi) is 6.00. The van der Waals surface area contributed by atoms with Crippen molar-refractivity contribution in [2.24, 2.45) is 5.41 Å². The van der Waals surface area contributed by atoms with Gasteiger partial charge in [0.05, 0.1) is 6.61 Å². The molecule has 0 saturated carbocycles. The van der Waals surface area contributed by atoms with Gasteiger partial charge in [-0.3, -0.25) is 0 Å². The van der Waals surface area contributed by atoms with Crippen LogP contribution >= 0.6 is 0 Å². The van der Waals surface area contributed by atoms with E-state index >= 15 is 0 Å². The van der Waals surface area contributed by atoms with E-state index in [1.54, 1.807) is 0 Å². The number of carbonyl (C=O) groups excluding carboxylic acids is 1. The summed E-state index contributed by atoms with van der Waals surface area (Å²) in [6, 6.07) is 0. The molecular formula is C21H28O3. The molecule has 3 heteroatoms. The van der Waals surface area contributed by atoms with E-state index in [1.807, 2.05) is 26.0 Å². The molecule has 0 aromatic carbocycles. The first-order valence-electron chi connectivity index (χ1n) is 8.58. The van der Waals surface area contributed by atoms with Gasteiger partial charge in [-0.2, -0.15) is 0 Å². The first kappa shape index (κ1) is 18.5. The number of hydrogen-bond donors (Lipinski definition) is 1. The minimum absolute atomic E-state index is 0.106. The maximum absolute atomic E-state index is 12.2. The van der Waals surface area contributed by atoms with E-state index in [9.17, 15) is 9.90 Å². The number of fused-ring (bicyclic) bond motifs is 1. The molecule has 24 heavy (non-hydrogen) atoms. The molecule has 0 aromatic heterocycles. The molecule has 0 radical (unpaired) electrons. The summed E-state index contributed by atoms with van der Waals surface area (Å²) in [5, 5.41) is 9.52. The van der Waals surface area contributed by atoms with Gasteiger partial charge < -0.3 is 9.84 Å². The SMILES string of the molecule is CC1=CC=C(CO)C(C)=CC(=O)OCC2(C)CCCC(C)=C2C=C1. The second kappa shape index (κ2) is 7.80. The molecule has 1 heterocycles. The van der Waals surface area contributed by atoms with Crippen molar-refractivity contribution < 1.29 is 14.6 Å². The Morgan fingerprint density at radius 3 is 2.67 bits per heavy atom. The fraction of sp³-hybridized carbons (Fsp3) is 0.476. The maximum Gasteiger partial charge on any atom is 0.331 e. The van der Waals surface area contributed by atoms with E-state index in [0.29, 0.717) is 6.61 Å². The van der Waals surface area contributed by atoms with E-state index < -0.39 is 0 Å². The number of carbonyl (C=O) groups is 1. The van der Waals surface area contributed by atoms with Gasteiger partial charge in [-0.15, -0.1) is 0 Å². The lowest BCUT2D eigenvalue weighted by molar-refractivity contribution is -0.140. The quantitative estimate of drug-likeness (QED) is 0.725. The Morgan fingerprint density at radius 2 is 1.96 bits per heavy atom. The first-order chi connectivity index (χ1) is 11.4. The zero-order valence-corrected chi connectivity index (χ0v) is 15.2. The molecule has 1 atom stereocenters. The Hall–Kier alpha value is -1.87. The van der Waals surface area contributed by atoms with E-state index in [4.69, 9.17) is 4.74 Å². The third kappa shape index (κ3) is 4.35. The molecule has 0 fully saturated rings. The van der Waals surface area contributed by atoms with Crippen LogP contribution in [0, 0.1) is 5.41 Å².